The number of halogens is 1. The highest BCUT2D eigenvalue weighted by atomic mass is 35.5. The molecular weight excluding hydrogens is 728 g/mol. The van der Waals surface area contributed by atoms with Crippen LogP contribution >= 0.6 is 11.6 Å². The zero-order valence-electron chi connectivity index (χ0n) is 32.4. The molecule has 11 nitrogen and oxygen atoms in total. The number of aryl methyl sites for hydroxylation is 1. The van der Waals surface area contributed by atoms with Gasteiger partial charge in [-0.15, -0.1) is 4.36 Å². The lowest BCUT2D eigenvalue weighted by atomic mass is 9.70. The fraction of sp³-hybridized carbons (Fsp3) is 0.610. The first-order chi connectivity index (χ1) is 25.9. The van der Waals surface area contributed by atoms with Gasteiger partial charge in [0.15, 0.2) is 0 Å². The Hall–Kier alpha value is -3.16. The molecule has 13 heteroatoms. The summed E-state index contributed by atoms with van der Waals surface area (Å²) >= 11 is 6.46. The van der Waals surface area contributed by atoms with Gasteiger partial charge in [-0.2, -0.15) is 0 Å². The average Bonchev–Trinajstić information content (AvgIpc) is 3.29. The molecule has 1 unspecified atom stereocenters. The van der Waals surface area contributed by atoms with Crippen molar-refractivity contribution in [2.24, 2.45) is 22.1 Å². The number of urea groups is 1. The summed E-state index contributed by atoms with van der Waals surface area (Å²) in [5, 5.41) is 0.733. The van der Waals surface area contributed by atoms with Crippen molar-refractivity contribution < 1.29 is 32.7 Å². The Balaban J connectivity index is 1.34. The molecule has 2 aromatic carbocycles. The highest BCUT2D eigenvalue weighted by molar-refractivity contribution is 7.92. The van der Waals surface area contributed by atoms with Gasteiger partial charge in [0.05, 0.1) is 43.5 Å². The van der Waals surface area contributed by atoms with Crippen molar-refractivity contribution in [1.82, 2.24) is 9.62 Å². The number of nitrogens with zero attached hydrogens (tertiary/aromatic N) is 3. The van der Waals surface area contributed by atoms with Crippen molar-refractivity contribution in [3.8, 4) is 5.75 Å². The van der Waals surface area contributed by atoms with Crippen LogP contribution in [0.15, 0.2) is 52.9 Å². The van der Waals surface area contributed by atoms with Crippen LogP contribution in [0, 0.1) is 17.8 Å². The van der Waals surface area contributed by atoms with Crippen molar-refractivity contribution in [3.63, 3.8) is 0 Å². The van der Waals surface area contributed by atoms with E-state index in [1.165, 1.54) is 11.1 Å². The van der Waals surface area contributed by atoms with Gasteiger partial charge in [0, 0.05) is 56.4 Å². The van der Waals surface area contributed by atoms with E-state index in [9.17, 15) is 13.8 Å². The molecule has 296 valence electrons. The van der Waals surface area contributed by atoms with Crippen molar-refractivity contribution >= 4 is 39.1 Å². The van der Waals surface area contributed by atoms with Gasteiger partial charge >= 0.3 is 6.03 Å². The van der Waals surface area contributed by atoms with Gasteiger partial charge in [0.2, 0.25) is 0 Å². The Labute approximate surface area is 326 Å². The van der Waals surface area contributed by atoms with E-state index < -0.39 is 21.9 Å². The molecule has 4 aliphatic rings. The minimum absolute atomic E-state index is 0.0150. The summed E-state index contributed by atoms with van der Waals surface area (Å²) in [7, 11) is -0.147. The highest BCUT2D eigenvalue weighted by Crippen LogP contribution is 2.45. The molecule has 0 saturated carbocycles. The fourth-order valence-corrected chi connectivity index (χ4v) is 10.5. The van der Waals surface area contributed by atoms with E-state index in [1.807, 2.05) is 25.1 Å². The second-order valence-corrected chi connectivity index (χ2v) is 18.2. The van der Waals surface area contributed by atoms with E-state index in [2.05, 4.69) is 52.1 Å². The van der Waals surface area contributed by atoms with Gasteiger partial charge in [-0.3, -0.25) is 9.52 Å². The Bertz CT molecular complexity index is 1810. The van der Waals surface area contributed by atoms with Gasteiger partial charge in [-0.1, -0.05) is 50.6 Å². The molecule has 1 saturated heterocycles. The van der Waals surface area contributed by atoms with E-state index in [4.69, 9.17) is 30.5 Å². The standard InChI is InChI=1S/C41H57ClN4O7S/c1-28-8-6-10-37(51-5)30(3)29(2)24-46-26-41(17-7-9-31-22-33(42)12-13-35(31)41)27-53-38-14-11-32(23-36(38)46)39(47)43-54(49,25-28)44-40(48)45-18-15-34(16-19-45)52-21-20-50-4/h6,10-14,22-23,28-30,34,37H,7-9,15-21,24-27H2,1-5H3,(H,43,44,47,48,49)/b10-6-/t28-,29-,30+,37-,41-,54?/m0/s1. The van der Waals surface area contributed by atoms with E-state index in [1.54, 1.807) is 25.2 Å². The number of carbonyl (C=O) groups excluding carboxylic acids is 2. The van der Waals surface area contributed by atoms with Crippen LogP contribution in [0.3, 0.4) is 0 Å². The number of ether oxygens (including phenoxy) is 4. The number of fused-ring (bicyclic) bond motifs is 3. The van der Waals surface area contributed by atoms with Crippen LogP contribution in [0.2, 0.25) is 5.02 Å². The molecule has 2 aromatic rings. The van der Waals surface area contributed by atoms with Gasteiger partial charge < -0.3 is 28.7 Å². The summed E-state index contributed by atoms with van der Waals surface area (Å²) < 4.78 is 45.3. The Morgan fingerprint density at radius 3 is 2.67 bits per heavy atom. The molecule has 54 heavy (non-hydrogen) atoms. The third kappa shape index (κ3) is 9.44. The van der Waals surface area contributed by atoms with E-state index in [0.29, 0.717) is 76.6 Å². The normalized spacial score (nSPS) is 30.1. The maximum Gasteiger partial charge on any atom is 0.329 e. The summed E-state index contributed by atoms with van der Waals surface area (Å²) in [4.78, 5) is 31.7. The SMILES string of the molecule is COCCOC1CCN(C(=O)NS2(=O)=NC(=O)c3ccc4c(c3)N(C[C@H](C)[C@@H](C)[C@@H](OC)/C=C\C[C@H](C)C2)C[C@@]2(CCCc3cc(Cl)ccc32)CO4)CC1. The number of benzene rings is 2. The second kappa shape index (κ2) is 17.7. The molecule has 0 radical (unpaired) electrons. The van der Waals surface area contributed by atoms with Gasteiger partial charge in [0.1, 0.15) is 15.7 Å². The molecular formula is C41H57ClN4O7S. The van der Waals surface area contributed by atoms with Gasteiger partial charge in [-0.05, 0) is 97.7 Å². The average molecular weight is 785 g/mol. The topological polar surface area (TPSA) is 119 Å². The number of hydrogen-bond acceptors (Lipinski definition) is 8. The van der Waals surface area contributed by atoms with Crippen molar-refractivity contribution in [3.05, 3.63) is 70.3 Å². The number of methoxy groups -OCH3 is 2. The largest absolute Gasteiger partial charge is 0.490 e. The Morgan fingerprint density at radius 1 is 1.11 bits per heavy atom. The number of rotatable bonds is 6. The number of likely N-dealkylation sites (tertiary alicyclic amines) is 1. The predicted molar refractivity (Wildman–Crippen MR) is 213 cm³/mol. The summed E-state index contributed by atoms with van der Waals surface area (Å²) in [6.45, 7) is 10.2. The lowest BCUT2D eigenvalue weighted by molar-refractivity contribution is -0.00891. The van der Waals surface area contributed by atoms with Crippen LogP contribution in [0.5, 0.6) is 5.75 Å². The van der Waals surface area contributed by atoms with Crippen molar-refractivity contribution in [2.45, 2.75) is 76.9 Å². The third-order valence-corrected chi connectivity index (χ3v) is 13.9. The maximum atomic E-state index is 14.7. The zero-order chi connectivity index (χ0) is 38.5. The fourth-order valence-electron chi connectivity index (χ4n) is 8.46. The second-order valence-electron chi connectivity index (χ2n) is 15.8. The van der Waals surface area contributed by atoms with Crippen LogP contribution in [0.4, 0.5) is 10.5 Å². The summed E-state index contributed by atoms with van der Waals surface area (Å²) in [6, 6.07) is 11.1. The number of anilines is 1. The Morgan fingerprint density at radius 2 is 1.91 bits per heavy atom. The van der Waals surface area contributed by atoms with E-state index >= 15 is 0 Å². The quantitative estimate of drug-likeness (QED) is 0.245. The van der Waals surface area contributed by atoms with Crippen LogP contribution in [0.1, 0.15) is 74.4 Å². The van der Waals surface area contributed by atoms with Crippen molar-refractivity contribution in [2.75, 3.05) is 70.9 Å². The molecule has 6 atom stereocenters. The molecule has 2 bridgehead atoms. The maximum absolute atomic E-state index is 14.7. The molecule has 6 rings (SSSR count). The number of allylic oxidation sites excluding steroid dienone is 1. The van der Waals surface area contributed by atoms with E-state index in [0.717, 1.165) is 30.0 Å². The summed E-state index contributed by atoms with van der Waals surface area (Å²) in [5.74, 6) is 0.284. The lowest BCUT2D eigenvalue weighted by Crippen LogP contribution is -2.48. The molecule has 1 aliphatic carbocycles. The first-order valence-electron chi connectivity index (χ1n) is 19.4. The van der Waals surface area contributed by atoms with Crippen LogP contribution in [-0.2, 0) is 36.0 Å². The minimum atomic E-state index is -3.52. The molecule has 1 N–H and O–H groups in total. The molecule has 3 heterocycles. The number of piperidine rings is 1. The number of amides is 3. The summed E-state index contributed by atoms with van der Waals surface area (Å²) in [6.07, 6.45) is 8.87. The molecule has 3 aliphatic heterocycles. The van der Waals surface area contributed by atoms with Crippen LogP contribution < -0.4 is 14.4 Å². The first kappa shape index (κ1) is 40.5. The predicted octanol–water partition coefficient (Wildman–Crippen LogP) is 7.06. The minimum Gasteiger partial charge on any atom is -0.490 e. The smallest absolute Gasteiger partial charge is 0.329 e. The molecule has 1 spiro atoms. The number of hydrogen-bond donors (Lipinski definition) is 1. The van der Waals surface area contributed by atoms with E-state index in [-0.39, 0.29) is 41.1 Å². The van der Waals surface area contributed by atoms with Crippen molar-refractivity contribution in [1.29, 1.82) is 0 Å². The third-order valence-electron chi connectivity index (χ3n) is 11.7. The van der Waals surface area contributed by atoms with Crippen LogP contribution in [-0.4, -0.2) is 99.2 Å². The molecule has 1 fully saturated rings. The van der Waals surface area contributed by atoms with Gasteiger partial charge in [-0.25, -0.2) is 9.00 Å². The number of carbonyl (C=O) groups is 2. The van der Waals surface area contributed by atoms with Crippen LogP contribution in [0.25, 0.3) is 0 Å². The number of nitrogens with one attached hydrogen (secondary N) is 1. The molecule has 0 aromatic heterocycles. The highest BCUT2D eigenvalue weighted by Gasteiger charge is 2.42. The zero-order valence-corrected chi connectivity index (χ0v) is 34.0. The summed E-state index contributed by atoms with van der Waals surface area (Å²) in [5.41, 5.74) is 3.32. The first-order valence-corrected chi connectivity index (χ1v) is 21.5. The molecule has 3 amide bonds. The monoisotopic (exact) mass is 784 g/mol. The lowest BCUT2D eigenvalue weighted by Gasteiger charge is -2.42. The van der Waals surface area contributed by atoms with Gasteiger partial charge in [0.25, 0.3) is 5.91 Å². The Kier molecular flexibility index (Phi) is 13.3.